The summed E-state index contributed by atoms with van der Waals surface area (Å²) in [5.41, 5.74) is 0.0206. The van der Waals surface area contributed by atoms with E-state index in [-0.39, 0.29) is 19.0 Å². The summed E-state index contributed by atoms with van der Waals surface area (Å²) in [4.78, 5) is 44.1. The third kappa shape index (κ3) is 7.60. The highest BCUT2D eigenvalue weighted by atomic mass is 31.2. The number of amides is 2. The normalized spacial score (nSPS) is 17.0. The molecule has 1 aromatic carbocycles. The van der Waals surface area contributed by atoms with Gasteiger partial charge >= 0.3 is 14.0 Å². The molecule has 31 heavy (non-hydrogen) atoms. The van der Waals surface area contributed by atoms with Gasteiger partial charge in [-0.3, -0.25) is 14.1 Å². The predicted molar refractivity (Wildman–Crippen MR) is 105 cm³/mol. The summed E-state index contributed by atoms with van der Waals surface area (Å²) in [6.45, 7) is 3.11. The fourth-order valence-electron chi connectivity index (χ4n) is 3.28. The van der Waals surface area contributed by atoms with Gasteiger partial charge in [0.2, 0.25) is 11.8 Å². The zero-order chi connectivity index (χ0) is 23.4. The van der Waals surface area contributed by atoms with Crippen LogP contribution in [0.25, 0.3) is 0 Å². The molecule has 1 heterocycles. The van der Waals surface area contributed by atoms with E-state index in [1.807, 2.05) is 0 Å². The van der Waals surface area contributed by atoms with Gasteiger partial charge in [-0.1, -0.05) is 26.0 Å². The molecule has 0 aromatic heterocycles. The molecule has 1 unspecified atom stereocenters. The number of phosphoric ester groups is 1. The van der Waals surface area contributed by atoms with E-state index in [0.29, 0.717) is 12.8 Å². The summed E-state index contributed by atoms with van der Waals surface area (Å²) in [5.74, 6) is -1.47. The molecule has 0 saturated carbocycles. The quantitative estimate of drug-likeness (QED) is 0.532. The average Bonchev–Trinajstić information content (AvgIpc) is 2.69. The number of halogens is 3. The zero-order valence-electron chi connectivity index (χ0n) is 17.1. The molecule has 8 nitrogen and oxygen atoms in total. The summed E-state index contributed by atoms with van der Waals surface area (Å²) in [6, 6.07) is 3.67. The van der Waals surface area contributed by atoms with Crippen molar-refractivity contribution < 1.29 is 41.6 Å². The number of phosphoric acid groups is 1. The van der Waals surface area contributed by atoms with E-state index >= 15 is 0 Å². The van der Waals surface area contributed by atoms with Gasteiger partial charge in [-0.2, -0.15) is 13.2 Å². The van der Waals surface area contributed by atoms with E-state index < -0.39 is 49.9 Å². The van der Waals surface area contributed by atoms with Crippen LogP contribution in [0.4, 0.5) is 13.2 Å². The van der Waals surface area contributed by atoms with Crippen molar-refractivity contribution in [2.75, 3.05) is 19.7 Å². The van der Waals surface area contributed by atoms with Gasteiger partial charge in [0.25, 0.3) is 0 Å². The second-order valence-electron chi connectivity index (χ2n) is 7.72. The Morgan fingerprint density at radius 3 is 2.19 bits per heavy atom. The van der Waals surface area contributed by atoms with Crippen LogP contribution in [0, 0.1) is 5.92 Å². The largest absolute Gasteiger partial charge is 0.469 e. The summed E-state index contributed by atoms with van der Waals surface area (Å²) in [6.07, 6.45) is -3.40. The zero-order valence-corrected chi connectivity index (χ0v) is 18.0. The van der Waals surface area contributed by atoms with Crippen LogP contribution in [0.1, 0.15) is 43.7 Å². The molecule has 1 saturated heterocycles. The van der Waals surface area contributed by atoms with E-state index in [9.17, 15) is 27.3 Å². The van der Waals surface area contributed by atoms with Crippen molar-refractivity contribution in [3.8, 4) is 0 Å². The Bertz CT molecular complexity index is 817. The summed E-state index contributed by atoms with van der Waals surface area (Å²) >= 11 is 0. The second kappa shape index (κ2) is 10.1. The van der Waals surface area contributed by atoms with Crippen molar-refractivity contribution in [2.45, 2.75) is 44.8 Å². The van der Waals surface area contributed by atoms with Gasteiger partial charge < -0.3 is 20.0 Å². The topological polar surface area (TPSA) is 116 Å². The van der Waals surface area contributed by atoms with Gasteiger partial charge in [-0.15, -0.1) is 0 Å². The molecule has 3 N–H and O–H groups in total. The number of hydrogen-bond acceptors (Lipinski definition) is 4. The van der Waals surface area contributed by atoms with Crippen molar-refractivity contribution in [3.63, 3.8) is 0 Å². The molecule has 0 aliphatic carbocycles. The number of carbonyl (C=O) groups is 2. The minimum atomic E-state index is -4.83. The Labute approximate surface area is 178 Å². The average molecular weight is 466 g/mol. The molecule has 1 atom stereocenters. The first-order chi connectivity index (χ1) is 14.3. The standard InChI is InChI=1S/C19H26F3N2O6P/c1-12(2)17(25)23-16(11-30-31(27,28)29)18(26)24-9-7-14(8-10-24)13-3-5-15(6-4-13)19(20,21)22/h3-6,12,14,16H,7-11H2,1-2H3,(H,23,25)(H2,27,28,29). The Balaban J connectivity index is 2.01. The Morgan fingerprint density at radius 2 is 1.74 bits per heavy atom. The van der Waals surface area contributed by atoms with Crippen molar-refractivity contribution in [1.82, 2.24) is 10.2 Å². The first-order valence-corrected chi connectivity index (χ1v) is 11.3. The molecule has 0 bridgehead atoms. The number of alkyl halides is 3. The van der Waals surface area contributed by atoms with Gasteiger partial charge in [-0.25, -0.2) is 4.57 Å². The van der Waals surface area contributed by atoms with Crippen LogP contribution in [0.5, 0.6) is 0 Å². The summed E-state index contributed by atoms with van der Waals surface area (Å²) in [5, 5.41) is 2.44. The number of benzene rings is 1. The highest BCUT2D eigenvalue weighted by Gasteiger charge is 2.33. The smallest absolute Gasteiger partial charge is 0.342 e. The molecule has 2 rings (SSSR count). The number of piperidine rings is 1. The third-order valence-electron chi connectivity index (χ3n) is 5.06. The third-order valence-corrected chi connectivity index (χ3v) is 5.55. The van der Waals surface area contributed by atoms with Crippen molar-refractivity contribution >= 4 is 19.6 Å². The van der Waals surface area contributed by atoms with E-state index in [1.165, 1.54) is 17.0 Å². The number of hydrogen-bond donors (Lipinski definition) is 3. The number of likely N-dealkylation sites (tertiary alicyclic amines) is 1. The molecule has 0 radical (unpaired) electrons. The fraction of sp³-hybridized carbons (Fsp3) is 0.579. The van der Waals surface area contributed by atoms with Gasteiger partial charge in [0.15, 0.2) is 0 Å². The maximum atomic E-state index is 12.8. The SMILES string of the molecule is CC(C)C(=O)NC(COP(=O)(O)O)C(=O)N1CCC(c2ccc(C(F)(F)F)cc2)CC1. The lowest BCUT2D eigenvalue weighted by Crippen LogP contribution is -2.53. The summed E-state index contributed by atoms with van der Waals surface area (Å²) < 4.78 is 53.6. The second-order valence-corrected chi connectivity index (χ2v) is 8.96. The lowest BCUT2D eigenvalue weighted by atomic mass is 9.88. The lowest BCUT2D eigenvalue weighted by molar-refractivity contribution is -0.139. The minimum absolute atomic E-state index is 0.0265. The predicted octanol–water partition coefficient (Wildman–Crippen LogP) is 2.66. The van der Waals surface area contributed by atoms with Crippen LogP contribution in [0.3, 0.4) is 0 Å². The number of rotatable bonds is 7. The Morgan fingerprint density at radius 1 is 1.19 bits per heavy atom. The van der Waals surface area contributed by atoms with Crippen LogP contribution in [-0.2, 0) is 24.9 Å². The van der Waals surface area contributed by atoms with E-state index in [2.05, 4.69) is 9.84 Å². The minimum Gasteiger partial charge on any atom is -0.342 e. The van der Waals surface area contributed by atoms with Gasteiger partial charge in [0, 0.05) is 19.0 Å². The van der Waals surface area contributed by atoms with Crippen molar-refractivity contribution in [3.05, 3.63) is 35.4 Å². The molecule has 1 aromatic rings. The van der Waals surface area contributed by atoms with E-state index in [1.54, 1.807) is 13.8 Å². The number of nitrogens with zero attached hydrogens (tertiary/aromatic N) is 1. The molecule has 1 aliphatic heterocycles. The Kier molecular flexibility index (Phi) is 8.27. The molecule has 174 valence electrons. The maximum absolute atomic E-state index is 12.8. The molecule has 0 spiro atoms. The summed E-state index contributed by atoms with van der Waals surface area (Å²) in [7, 11) is -4.83. The van der Waals surface area contributed by atoms with Crippen molar-refractivity contribution in [2.24, 2.45) is 5.92 Å². The molecular weight excluding hydrogens is 440 g/mol. The fourth-order valence-corrected chi connectivity index (χ4v) is 3.63. The number of nitrogens with one attached hydrogen (secondary N) is 1. The first-order valence-electron chi connectivity index (χ1n) is 9.74. The van der Waals surface area contributed by atoms with Crippen LogP contribution in [-0.4, -0.2) is 52.2 Å². The molecule has 12 heteroatoms. The van der Waals surface area contributed by atoms with Gasteiger partial charge in [0.1, 0.15) is 6.04 Å². The van der Waals surface area contributed by atoms with E-state index in [0.717, 1.165) is 17.7 Å². The molecule has 1 aliphatic rings. The molecule has 2 amide bonds. The van der Waals surface area contributed by atoms with Gasteiger partial charge in [0.05, 0.1) is 12.2 Å². The van der Waals surface area contributed by atoms with Crippen LogP contribution >= 0.6 is 7.82 Å². The highest BCUT2D eigenvalue weighted by Crippen LogP contribution is 2.36. The molecule has 1 fully saturated rings. The monoisotopic (exact) mass is 466 g/mol. The van der Waals surface area contributed by atoms with E-state index in [4.69, 9.17) is 9.79 Å². The van der Waals surface area contributed by atoms with Gasteiger partial charge in [-0.05, 0) is 36.5 Å². The number of carbonyl (C=O) groups excluding carboxylic acids is 2. The van der Waals surface area contributed by atoms with Crippen LogP contribution in [0.15, 0.2) is 24.3 Å². The van der Waals surface area contributed by atoms with Crippen molar-refractivity contribution in [1.29, 1.82) is 0 Å². The van der Waals surface area contributed by atoms with Crippen LogP contribution in [0.2, 0.25) is 0 Å². The highest BCUT2D eigenvalue weighted by molar-refractivity contribution is 7.46. The molecular formula is C19H26F3N2O6P. The first kappa shape index (κ1) is 25.3. The maximum Gasteiger partial charge on any atom is 0.469 e. The lowest BCUT2D eigenvalue weighted by Gasteiger charge is -2.34. The van der Waals surface area contributed by atoms with Crippen LogP contribution < -0.4 is 5.32 Å². The Hall–Kier alpha value is -1.94.